The maximum Gasteiger partial charge on any atom is 0.338 e. The summed E-state index contributed by atoms with van der Waals surface area (Å²) in [6.45, 7) is 9.71. The minimum Gasteiger partial charge on any atom is -0.462 e. The molecule has 0 saturated carbocycles. The summed E-state index contributed by atoms with van der Waals surface area (Å²) in [6, 6.07) is 25.1. The van der Waals surface area contributed by atoms with Gasteiger partial charge in [0.15, 0.2) is 5.78 Å². The largest absolute Gasteiger partial charge is 0.462 e. The Morgan fingerprint density at radius 1 is 0.853 bits per heavy atom. The summed E-state index contributed by atoms with van der Waals surface area (Å²) in [5, 5.41) is 9.89. The van der Waals surface area contributed by atoms with E-state index in [9.17, 15) is 14.7 Å². The van der Waals surface area contributed by atoms with Gasteiger partial charge in [-0.1, -0.05) is 66.2 Å². The second kappa shape index (κ2) is 15.2. The van der Waals surface area contributed by atoms with Crippen molar-refractivity contribution >= 4 is 17.4 Å². The van der Waals surface area contributed by atoms with E-state index in [1.807, 2.05) is 57.1 Å². The van der Waals surface area contributed by atoms with Crippen molar-refractivity contribution < 1.29 is 19.4 Å². The number of ketones is 1. The van der Waals surface area contributed by atoms with E-state index in [1.54, 1.807) is 67.6 Å². The molecular weight excluding hydrogens is 426 g/mol. The Kier molecular flexibility index (Phi) is 12.7. The number of benzene rings is 3. The van der Waals surface area contributed by atoms with Crippen LogP contribution in [0.3, 0.4) is 0 Å². The van der Waals surface area contributed by atoms with Crippen LogP contribution in [0, 0.1) is 0 Å². The molecule has 0 saturated heterocycles. The molecule has 1 unspecified atom stereocenters. The molecule has 0 radical (unpaired) electrons. The van der Waals surface area contributed by atoms with Crippen molar-refractivity contribution in [3.8, 4) is 0 Å². The molecule has 34 heavy (non-hydrogen) atoms. The number of carbonyl (C=O) groups is 2. The van der Waals surface area contributed by atoms with Gasteiger partial charge in [0.1, 0.15) is 6.10 Å². The summed E-state index contributed by atoms with van der Waals surface area (Å²) in [4.78, 5) is 25.2. The van der Waals surface area contributed by atoms with Crippen LogP contribution in [0.25, 0.3) is 0 Å². The summed E-state index contributed by atoms with van der Waals surface area (Å²) in [5.74, 6) is -0.537. The number of nitrogens with zero attached hydrogens (tertiary/aromatic N) is 1. The molecule has 0 aliphatic rings. The Bertz CT molecular complexity index is 1010. The lowest BCUT2D eigenvalue weighted by molar-refractivity contribution is 0.0526. The van der Waals surface area contributed by atoms with E-state index in [-0.39, 0.29) is 11.8 Å². The fraction of sp³-hybridized carbons (Fsp3) is 0.241. The van der Waals surface area contributed by atoms with Gasteiger partial charge in [0.25, 0.3) is 0 Å². The fourth-order valence-corrected chi connectivity index (χ4v) is 2.66. The highest BCUT2D eigenvalue weighted by Crippen LogP contribution is 2.17. The predicted molar refractivity (Wildman–Crippen MR) is 139 cm³/mol. The van der Waals surface area contributed by atoms with E-state index in [4.69, 9.17) is 4.74 Å². The lowest BCUT2D eigenvalue weighted by Gasteiger charge is -2.12. The highest BCUT2D eigenvalue weighted by Gasteiger charge is 2.18. The van der Waals surface area contributed by atoms with Crippen LogP contribution < -0.4 is 4.90 Å². The van der Waals surface area contributed by atoms with Crippen LogP contribution in [0.1, 0.15) is 53.2 Å². The fourth-order valence-electron chi connectivity index (χ4n) is 2.66. The van der Waals surface area contributed by atoms with Gasteiger partial charge in [0.05, 0.1) is 12.2 Å². The van der Waals surface area contributed by atoms with E-state index in [0.29, 0.717) is 23.3 Å². The first kappa shape index (κ1) is 28.3. The summed E-state index contributed by atoms with van der Waals surface area (Å²) in [7, 11) is 3.92. The van der Waals surface area contributed by atoms with Crippen LogP contribution in [-0.4, -0.2) is 37.6 Å². The first-order chi connectivity index (χ1) is 16.2. The van der Waals surface area contributed by atoms with Gasteiger partial charge < -0.3 is 14.7 Å². The molecule has 0 heterocycles. The lowest BCUT2D eigenvalue weighted by Crippen LogP contribution is -2.11. The topological polar surface area (TPSA) is 66.8 Å². The molecule has 0 aromatic heterocycles. The van der Waals surface area contributed by atoms with Crippen molar-refractivity contribution in [3.05, 3.63) is 114 Å². The minimum absolute atomic E-state index is 0.266. The van der Waals surface area contributed by atoms with Crippen LogP contribution >= 0.6 is 0 Å². The maximum atomic E-state index is 11.9. The average Bonchev–Trinajstić information content (AvgIpc) is 2.84. The average molecular weight is 462 g/mol. The first-order valence-electron chi connectivity index (χ1n) is 11.1. The van der Waals surface area contributed by atoms with Gasteiger partial charge in [-0.05, 0) is 50.6 Å². The summed E-state index contributed by atoms with van der Waals surface area (Å²) >= 11 is 0. The summed E-state index contributed by atoms with van der Waals surface area (Å²) in [5.41, 5.74) is 3.98. The number of carbonyl (C=O) groups excluding carboxylic acids is 2. The van der Waals surface area contributed by atoms with Crippen LogP contribution in [0.4, 0.5) is 5.69 Å². The van der Waals surface area contributed by atoms with Crippen LogP contribution in [0.2, 0.25) is 0 Å². The number of aliphatic hydroxyl groups excluding tert-OH is 1. The summed E-state index contributed by atoms with van der Waals surface area (Å²) in [6.07, 6.45) is -1.08. The zero-order valence-electron chi connectivity index (χ0n) is 20.7. The number of hydrogen-bond acceptors (Lipinski definition) is 5. The Morgan fingerprint density at radius 2 is 1.32 bits per heavy atom. The maximum absolute atomic E-state index is 11.9. The van der Waals surface area contributed by atoms with E-state index < -0.39 is 6.10 Å². The number of ether oxygens (including phenoxy) is 1. The highest BCUT2D eigenvalue weighted by atomic mass is 16.5. The first-order valence-corrected chi connectivity index (χ1v) is 11.1. The van der Waals surface area contributed by atoms with Crippen LogP contribution in [-0.2, 0) is 4.74 Å². The molecular formula is C29H35NO4. The number of rotatable bonds is 6. The second-order valence-corrected chi connectivity index (χ2v) is 7.91. The molecule has 1 atom stereocenters. The zero-order chi connectivity index (χ0) is 25.5. The molecule has 3 rings (SSSR count). The molecule has 1 N–H and O–H groups in total. The van der Waals surface area contributed by atoms with Crippen LogP contribution in [0.5, 0.6) is 0 Å². The Hall–Kier alpha value is -3.70. The Labute approximate surface area is 203 Å². The van der Waals surface area contributed by atoms with Crippen molar-refractivity contribution in [3.63, 3.8) is 0 Å². The molecule has 0 fully saturated rings. The third-order valence-electron chi connectivity index (χ3n) is 4.32. The van der Waals surface area contributed by atoms with Crippen molar-refractivity contribution in [1.82, 2.24) is 0 Å². The van der Waals surface area contributed by atoms with Crippen molar-refractivity contribution in [2.75, 3.05) is 25.6 Å². The molecule has 3 aromatic rings. The normalized spacial score (nSPS) is 10.4. The van der Waals surface area contributed by atoms with E-state index in [0.717, 1.165) is 5.69 Å². The van der Waals surface area contributed by atoms with Crippen LogP contribution in [0.15, 0.2) is 97.1 Å². The lowest BCUT2D eigenvalue weighted by atomic mass is 10.0. The number of Topliss-reactive ketones (excluding diaryl/α,β-unsaturated/α-hetero) is 1. The molecule has 0 aliphatic heterocycles. The number of anilines is 1. The molecule has 0 amide bonds. The quantitative estimate of drug-likeness (QED) is 0.272. The molecule has 5 heteroatoms. The molecule has 0 bridgehead atoms. The molecule has 180 valence electrons. The third-order valence-corrected chi connectivity index (χ3v) is 4.32. The van der Waals surface area contributed by atoms with Gasteiger partial charge in [-0.25, -0.2) is 4.79 Å². The third kappa shape index (κ3) is 10.3. The van der Waals surface area contributed by atoms with Gasteiger partial charge in [0, 0.05) is 25.3 Å². The summed E-state index contributed by atoms with van der Waals surface area (Å²) < 4.78 is 4.88. The second-order valence-electron chi connectivity index (χ2n) is 7.91. The number of esters is 1. The predicted octanol–water partition coefficient (Wildman–Crippen LogP) is 6.11. The van der Waals surface area contributed by atoms with E-state index >= 15 is 0 Å². The zero-order valence-corrected chi connectivity index (χ0v) is 20.7. The number of hydrogen-bond donors (Lipinski definition) is 1. The smallest absolute Gasteiger partial charge is 0.338 e. The van der Waals surface area contributed by atoms with Crippen molar-refractivity contribution in [2.24, 2.45) is 0 Å². The Balaban J connectivity index is 0.000000297. The molecule has 0 aliphatic carbocycles. The van der Waals surface area contributed by atoms with Crippen molar-refractivity contribution in [2.45, 2.75) is 26.9 Å². The molecule has 5 nitrogen and oxygen atoms in total. The monoisotopic (exact) mass is 461 g/mol. The Morgan fingerprint density at radius 3 is 1.76 bits per heavy atom. The van der Waals surface area contributed by atoms with Gasteiger partial charge >= 0.3 is 5.97 Å². The van der Waals surface area contributed by atoms with Gasteiger partial charge in [-0.15, -0.1) is 6.58 Å². The molecule has 3 aromatic carbocycles. The van der Waals surface area contributed by atoms with Gasteiger partial charge in [-0.2, -0.15) is 0 Å². The van der Waals surface area contributed by atoms with Gasteiger partial charge in [0.2, 0.25) is 0 Å². The van der Waals surface area contributed by atoms with Crippen molar-refractivity contribution in [1.29, 1.82) is 0 Å². The highest BCUT2D eigenvalue weighted by molar-refractivity contribution is 5.99. The minimum atomic E-state index is -1.08. The molecule has 0 spiro atoms. The van der Waals surface area contributed by atoms with E-state index in [1.165, 1.54) is 5.57 Å². The van der Waals surface area contributed by atoms with E-state index in [2.05, 4.69) is 6.58 Å². The van der Waals surface area contributed by atoms with Gasteiger partial charge in [-0.3, -0.25) is 4.79 Å². The standard InChI is InChI=1S/C14H12O2.C11H15NO2.C4H8/c15-13(11-7-3-1-4-8-11)14(16)12-9-5-2-6-10-12;1-4-14-11(13)9-5-7-10(8-6-9)12(2)3;1-4(2)3/h1-10,13,15H;5-8H,4H2,1-3H3;1H2,2-3H3. The SMILES string of the molecule is C=C(C)C.CCOC(=O)c1ccc(N(C)C)cc1.O=C(c1ccccc1)C(O)c1ccccc1. The number of aliphatic hydroxyl groups is 1. The number of allylic oxidation sites excluding steroid dienone is 1.